The lowest BCUT2D eigenvalue weighted by Crippen LogP contribution is -2.13. The van der Waals surface area contributed by atoms with E-state index in [0.717, 1.165) is 10.9 Å². The van der Waals surface area contributed by atoms with Crippen LogP contribution >= 0.6 is 11.6 Å². The second kappa shape index (κ2) is 8.03. The number of fused-ring (bicyclic) bond motifs is 1. The van der Waals surface area contributed by atoms with Crippen molar-refractivity contribution in [3.63, 3.8) is 0 Å². The lowest BCUT2D eigenvalue weighted by atomic mass is 10.2. The summed E-state index contributed by atoms with van der Waals surface area (Å²) >= 11 is 6.00. The van der Waals surface area contributed by atoms with Crippen molar-refractivity contribution in [3.05, 3.63) is 89.6 Å². The summed E-state index contributed by atoms with van der Waals surface area (Å²) in [6.45, 7) is 0. The summed E-state index contributed by atoms with van der Waals surface area (Å²) in [5.74, 6) is 0.668. The van der Waals surface area contributed by atoms with Crippen molar-refractivity contribution in [2.24, 2.45) is 0 Å². The highest BCUT2D eigenvalue weighted by atomic mass is 35.5. The van der Waals surface area contributed by atoms with Gasteiger partial charge in [0.2, 0.25) is 0 Å². The molecule has 0 aliphatic rings. The van der Waals surface area contributed by atoms with Crippen LogP contribution in [0.5, 0.6) is 11.5 Å². The summed E-state index contributed by atoms with van der Waals surface area (Å²) in [6, 6.07) is 21.9. The molecule has 148 valence electrons. The zero-order chi connectivity index (χ0) is 21.1. The molecule has 6 nitrogen and oxygen atoms in total. The predicted molar refractivity (Wildman–Crippen MR) is 115 cm³/mol. The highest BCUT2D eigenvalue weighted by molar-refractivity contribution is 7.92. The fourth-order valence-electron chi connectivity index (χ4n) is 2.85. The van der Waals surface area contributed by atoms with E-state index in [0.29, 0.717) is 17.2 Å². The third-order valence-electron chi connectivity index (χ3n) is 4.29. The van der Waals surface area contributed by atoms with Crippen LogP contribution in [0.4, 0.5) is 5.69 Å². The zero-order valence-electron chi connectivity index (χ0n) is 15.4. The molecule has 0 spiro atoms. The van der Waals surface area contributed by atoms with E-state index >= 15 is 0 Å². The molecule has 0 fully saturated rings. The minimum absolute atomic E-state index is 0.0645. The summed E-state index contributed by atoms with van der Waals surface area (Å²) < 4.78 is 33.6. The molecule has 0 saturated carbocycles. The third-order valence-corrected chi connectivity index (χ3v) is 6.00. The molecular weight excluding hydrogens is 422 g/mol. The van der Waals surface area contributed by atoms with E-state index in [1.807, 2.05) is 30.3 Å². The Balaban J connectivity index is 1.55. The van der Waals surface area contributed by atoms with E-state index in [1.165, 1.54) is 30.5 Å². The summed E-state index contributed by atoms with van der Waals surface area (Å²) in [7, 11) is -3.81. The Morgan fingerprint density at radius 3 is 2.53 bits per heavy atom. The predicted octanol–water partition coefficient (Wildman–Crippen LogP) is 5.35. The number of hydrogen-bond acceptors (Lipinski definition) is 5. The number of ether oxygens (including phenoxy) is 1. The van der Waals surface area contributed by atoms with Gasteiger partial charge in [0.1, 0.15) is 23.1 Å². The number of aromatic nitrogens is 1. The van der Waals surface area contributed by atoms with Gasteiger partial charge in [-0.15, -0.1) is 0 Å². The van der Waals surface area contributed by atoms with Crippen molar-refractivity contribution in [2.75, 3.05) is 4.72 Å². The van der Waals surface area contributed by atoms with E-state index in [2.05, 4.69) is 9.71 Å². The van der Waals surface area contributed by atoms with Crippen molar-refractivity contribution < 1.29 is 13.2 Å². The first kappa shape index (κ1) is 19.7. The molecule has 0 amide bonds. The number of hydrogen-bond donors (Lipinski definition) is 1. The molecule has 1 N–H and O–H groups in total. The number of para-hydroxylation sites is 1. The first-order chi connectivity index (χ1) is 14.5. The molecule has 30 heavy (non-hydrogen) atoms. The van der Waals surface area contributed by atoms with Gasteiger partial charge in [-0.2, -0.15) is 5.26 Å². The van der Waals surface area contributed by atoms with Crippen molar-refractivity contribution in [1.82, 2.24) is 4.98 Å². The number of anilines is 1. The van der Waals surface area contributed by atoms with E-state index in [9.17, 15) is 13.7 Å². The number of nitrogens with one attached hydrogen (secondary N) is 1. The van der Waals surface area contributed by atoms with Crippen molar-refractivity contribution in [2.45, 2.75) is 4.90 Å². The Labute approximate surface area is 178 Å². The quantitative estimate of drug-likeness (QED) is 0.456. The average molecular weight is 436 g/mol. The summed E-state index contributed by atoms with van der Waals surface area (Å²) in [5, 5.41) is 10.3. The fourth-order valence-corrected chi connectivity index (χ4v) is 4.09. The Morgan fingerprint density at radius 2 is 1.77 bits per heavy atom. The SMILES string of the molecule is N#Cc1c(Cl)cccc1Oc1ccc(S(=O)(=O)Nc2cnc3ccccc3c2)cc1. The number of nitrogens with zero attached hydrogens (tertiary/aromatic N) is 2. The molecule has 0 aliphatic heterocycles. The van der Waals surface area contributed by atoms with Crippen LogP contribution in [0.2, 0.25) is 5.02 Å². The van der Waals surface area contributed by atoms with E-state index < -0.39 is 10.0 Å². The molecule has 4 aromatic rings. The number of sulfonamides is 1. The van der Waals surface area contributed by atoms with Gasteiger partial charge in [-0.3, -0.25) is 9.71 Å². The second-order valence-corrected chi connectivity index (χ2v) is 8.41. The fraction of sp³-hybridized carbons (Fsp3) is 0. The van der Waals surface area contributed by atoms with Crippen LogP contribution in [0.15, 0.2) is 83.9 Å². The second-order valence-electron chi connectivity index (χ2n) is 6.32. The van der Waals surface area contributed by atoms with Gasteiger partial charge in [-0.1, -0.05) is 35.9 Å². The Bertz CT molecular complexity index is 1380. The number of nitriles is 1. The largest absolute Gasteiger partial charge is 0.456 e. The molecule has 8 heteroatoms. The minimum Gasteiger partial charge on any atom is -0.456 e. The Kier molecular flexibility index (Phi) is 5.27. The smallest absolute Gasteiger partial charge is 0.261 e. The van der Waals surface area contributed by atoms with Gasteiger partial charge in [0.25, 0.3) is 10.0 Å². The summed E-state index contributed by atoms with van der Waals surface area (Å²) in [5.41, 5.74) is 1.35. The number of rotatable bonds is 5. The van der Waals surface area contributed by atoms with E-state index in [4.69, 9.17) is 16.3 Å². The van der Waals surface area contributed by atoms with Crippen LogP contribution in [0.1, 0.15) is 5.56 Å². The van der Waals surface area contributed by atoms with Crippen molar-refractivity contribution in [3.8, 4) is 17.6 Å². The Hall–Kier alpha value is -3.60. The number of pyridine rings is 1. The molecule has 0 unspecified atom stereocenters. The molecule has 0 aliphatic carbocycles. The molecule has 3 aromatic carbocycles. The lowest BCUT2D eigenvalue weighted by molar-refractivity contribution is 0.480. The maximum Gasteiger partial charge on any atom is 0.261 e. The lowest BCUT2D eigenvalue weighted by Gasteiger charge is -2.11. The average Bonchev–Trinajstić information content (AvgIpc) is 2.74. The van der Waals surface area contributed by atoms with Crippen LogP contribution in [0.3, 0.4) is 0 Å². The van der Waals surface area contributed by atoms with E-state index in [1.54, 1.807) is 24.3 Å². The number of benzene rings is 3. The molecule has 0 radical (unpaired) electrons. The third kappa shape index (κ3) is 4.06. The van der Waals surface area contributed by atoms with Gasteiger partial charge < -0.3 is 4.74 Å². The highest BCUT2D eigenvalue weighted by Gasteiger charge is 2.15. The van der Waals surface area contributed by atoms with Crippen LogP contribution in [-0.4, -0.2) is 13.4 Å². The monoisotopic (exact) mass is 435 g/mol. The maximum absolute atomic E-state index is 12.7. The van der Waals surface area contributed by atoms with Crippen LogP contribution in [0.25, 0.3) is 10.9 Å². The van der Waals surface area contributed by atoms with Crippen molar-refractivity contribution >= 4 is 38.2 Å². The normalized spacial score (nSPS) is 11.1. The molecule has 0 saturated heterocycles. The van der Waals surface area contributed by atoms with Gasteiger partial charge in [-0.25, -0.2) is 8.42 Å². The van der Waals surface area contributed by atoms with Crippen LogP contribution in [0, 0.1) is 11.3 Å². The molecule has 1 heterocycles. The molecule has 4 rings (SSSR count). The summed E-state index contributed by atoms with van der Waals surface area (Å²) in [6.07, 6.45) is 1.47. The maximum atomic E-state index is 12.7. The van der Waals surface area contributed by atoms with Crippen molar-refractivity contribution in [1.29, 1.82) is 5.26 Å². The van der Waals surface area contributed by atoms with Crippen LogP contribution in [-0.2, 0) is 10.0 Å². The summed E-state index contributed by atoms with van der Waals surface area (Å²) in [4.78, 5) is 4.32. The van der Waals surface area contributed by atoms with Gasteiger partial charge in [-0.05, 0) is 48.5 Å². The first-order valence-electron chi connectivity index (χ1n) is 8.80. The highest BCUT2D eigenvalue weighted by Crippen LogP contribution is 2.30. The van der Waals surface area contributed by atoms with Gasteiger partial charge in [0.15, 0.2) is 0 Å². The van der Waals surface area contributed by atoms with Gasteiger partial charge >= 0.3 is 0 Å². The molecule has 0 bridgehead atoms. The van der Waals surface area contributed by atoms with Gasteiger partial charge in [0.05, 0.1) is 27.3 Å². The topological polar surface area (TPSA) is 92.1 Å². The zero-order valence-corrected chi connectivity index (χ0v) is 17.0. The van der Waals surface area contributed by atoms with Gasteiger partial charge in [0, 0.05) is 5.39 Å². The standard InChI is InChI=1S/C22H14ClN3O3S/c23-20-5-3-7-22(19(20)13-24)29-17-8-10-18(11-9-17)30(27,28)26-16-12-15-4-1-2-6-21(15)25-14-16/h1-12,14,26H. The van der Waals surface area contributed by atoms with E-state index in [-0.39, 0.29) is 15.5 Å². The first-order valence-corrected chi connectivity index (χ1v) is 10.7. The molecule has 0 atom stereocenters. The Morgan fingerprint density at radius 1 is 1.00 bits per heavy atom. The molecular formula is C22H14ClN3O3S. The minimum atomic E-state index is -3.81. The van der Waals surface area contributed by atoms with Crippen LogP contribution < -0.4 is 9.46 Å². The number of halogens is 1. The molecule has 1 aromatic heterocycles.